The molecule has 2 aromatic heterocycles. The van der Waals surface area contributed by atoms with Crippen LogP contribution >= 0.6 is 0 Å². The predicted molar refractivity (Wildman–Crippen MR) is 94.0 cm³/mol. The van der Waals surface area contributed by atoms with Gasteiger partial charge in [0, 0.05) is 12.7 Å². The number of carbonyl (C=O) groups excluding carboxylic acids is 2. The van der Waals surface area contributed by atoms with E-state index in [9.17, 15) is 9.59 Å². The fraction of sp³-hybridized carbons (Fsp3) is 0.556. The first-order valence-electron chi connectivity index (χ1n) is 8.99. The maximum atomic E-state index is 12.7. The minimum Gasteiger partial charge on any atom is -0.469 e. The summed E-state index contributed by atoms with van der Waals surface area (Å²) in [6.45, 7) is 0.598. The maximum absolute atomic E-state index is 12.7. The number of carbonyl (C=O) groups is 2. The van der Waals surface area contributed by atoms with Crippen LogP contribution in [0.3, 0.4) is 0 Å². The summed E-state index contributed by atoms with van der Waals surface area (Å²) >= 11 is 0. The van der Waals surface area contributed by atoms with Crippen LogP contribution in [-0.2, 0) is 9.53 Å². The Morgan fingerprint density at radius 3 is 2.65 bits per heavy atom. The van der Waals surface area contributed by atoms with E-state index in [4.69, 9.17) is 10.5 Å². The average molecular weight is 358 g/mol. The Morgan fingerprint density at radius 1 is 1.31 bits per heavy atom. The Bertz CT molecular complexity index is 850. The molecule has 138 valence electrons. The van der Waals surface area contributed by atoms with Crippen molar-refractivity contribution < 1.29 is 19.3 Å². The van der Waals surface area contributed by atoms with Crippen molar-refractivity contribution in [3.63, 3.8) is 0 Å². The summed E-state index contributed by atoms with van der Waals surface area (Å²) in [6, 6.07) is 0. The highest BCUT2D eigenvalue weighted by atomic mass is 16.5. The minimum absolute atomic E-state index is 0.0697. The number of nitrogens with zero attached hydrogens (tertiary/aromatic N) is 1. The number of nitrogens with one attached hydrogen (secondary N) is 3. The Morgan fingerprint density at radius 2 is 2.00 bits per heavy atom. The van der Waals surface area contributed by atoms with E-state index >= 15 is 0 Å². The molecule has 0 spiro atoms. The first kappa shape index (κ1) is 16.8. The fourth-order valence-corrected chi connectivity index (χ4v) is 4.58. The molecule has 8 heteroatoms. The van der Waals surface area contributed by atoms with Crippen molar-refractivity contribution in [2.24, 2.45) is 10.8 Å². The van der Waals surface area contributed by atoms with E-state index < -0.39 is 0 Å². The number of amides is 1. The fourth-order valence-electron chi connectivity index (χ4n) is 4.58. The van der Waals surface area contributed by atoms with Gasteiger partial charge in [0.25, 0.3) is 17.9 Å². The van der Waals surface area contributed by atoms with Gasteiger partial charge in [0.1, 0.15) is 5.52 Å². The van der Waals surface area contributed by atoms with Crippen LogP contribution in [0, 0.1) is 10.8 Å². The third kappa shape index (κ3) is 2.51. The van der Waals surface area contributed by atoms with E-state index in [2.05, 4.69) is 20.3 Å². The molecular weight excluding hydrogens is 334 g/mol. The van der Waals surface area contributed by atoms with Gasteiger partial charge in [0.05, 0.1) is 18.2 Å². The van der Waals surface area contributed by atoms with Gasteiger partial charge in [0.2, 0.25) is 0 Å². The number of hydrogen-bond acceptors (Lipinski definition) is 5. The van der Waals surface area contributed by atoms with Gasteiger partial charge in [-0.05, 0) is 48.9 Å². The minimum atomic E-state index is -0.300. The summed E-state index contributed by atoms with van der Waals surface area (Å²) in [5.41, 5.74) is 7.82. The number of methoxy groups -OCH3 is 1. The lowest BCUT2D eigenvalue weighted by atomic mass is 9.53. The van der Waals surface area contributed by atoms with E-state index in [1.54, 1.807) is 6.20 Å². The molecule has 3 aliphatic rings. The first-order valence-corrected chi connectivity index (χ1v) is 8.99. The van der Waals surface area contributed by atoms with E-state index in [-0.39, 0.29) is 22.7 Å². The number of fused-ring (bicyclic) bond motifs is 4. The largest absolute Gasteiger partial charge is 0.469 e. The monoisotopic (exact) mass is 358 g/mol. The zero-order valence-corrected chi connectivity index (χ0v) is 14.9. The van der Waals surface area contributed by atoms with Gasteiger partial charge in [-0.2, -0.15) is 0 Å². The number of esters is 1. The second kappa shape index (κ2) is 5.96. The number of aromatic nitrogens is 3. The molecule has 2 heterocycles. The Labute approximate surface area is 150 Å². The molecule has 5 N–H and O–H groups in total. The van der Waals surface area contributed by atoms with Gasteiger partial charge in [-0.15, -0.1) is 0 Å². The van der Waals surface area contributed by atoms with Crippen molar-refractivity contribution in [3.8, 4) is 0 Å². The number of aromatic amines is 2. The molecule has 3 fully saturated rings. The van der Waals surface area contributed by atoms with Gasteiger partial charge in [-0.1, -0.05) is 0 Å². The molecule has 0 unspecified atom stereocenters. The smallest absolute Gasteiger partial charge is 0.311 e. The molecule has 3 aliphatic carbocycles. The second-order valence-corrected chi connectivity index (χ2v) is 7.70. The van der Waals surface area contributed by atoms with Gasteiger partial charge < -0.3 is 20.8 Å². The van der Waals surface area contributed by atoms with E-state index in [1.165, 1.54) is 13.4 Å². The zero-order valence-electron chi connectivity index (χ0n) is 14.9. The highest BCUT2D eigenvalue weighted by molar-refractivity contribution is 6.04. The number of rotatable bonds is 4. The van der Waals surface area contributed by atoms with Crippen molar-refractivity contribution in [2.75, 3.05) is 19.4 Å². The highest BCUT2D eigenvalue weighted by Gasteiger charge is 2.53. The van der Waals surface area contributed by atoms with Crippen LogP contribution in [0.5, 0.6) is 0 Å². The van der Waals surface area contributed by atoms with Crippen molar-refractivity contribution >= 4 is 28.6 Å². The zero-order chi connectivity index (χ0) is 18.4. The third-order valence-electron chi connectivity index (χ3n) is 6.41. The highest BCUT2D eigenvalue weighted by Crippen LogP contribution is 2.57. The van der Waals surface area contributed by atoms with E-state index in [0.717, 1.165) is 38.5 Å². The molecule has 3 saturated carbocycles. The number of nitrogen functional groups attached to an aromatic ring is 1. The number of ether oxygens (including phenoxy) is 1. The number of H-pyrrole nitrogens is 2. The topological polar surface area (TPSA) is 124 Å². The van der Waals surface area contributed by atoms with Crippen LogP contribution in [0.15, 0.2) is 12.5 Å². The molecular formula is C18H24N5O3+. The summed E-state index contributed by atoms with van der Waals surface area (Å²) in [4.78, 5) is 34.9. The summed E-state index contributed by atoms with van der Waals surface area (Å²) in [5.74, 6) is -0.290. The molecule has 8 nitrogen and oxygen atoms in total. The van der Waals surface area contributed by atoms with Crippen molar-refractivity contribution in [1.82, 2.24) is 15.3 Å². The van der Waals surface area contributed by atoms with Crippen LogP contribution in [0.2, 0.25) is 0 Å². The molecule has 2 aromatic rings. The standard InChI is InChI=1S/C18H23N5O3/c1-26-16(25)18-5-2-17(3-6-18,4-7-18)9-21-15(24)14-13-12(22-10-23-14)11(19)8-20-13/h8,10,20H,2-7,9,19H2,1H3,(H,21,24)/p+1. The Hall–Kier alpha value is -2.64. The van der Waals surface area contributed by atoms with Crippen LogP contribution in [0.25, 0.3) is 11.0 Å². The quantitative estimate of drug-likeness (QED) is 0.709. The molecule has 0 aromatic carbocycles. The first-order chi connectivity index (χ1) is 12.5. The average Bonchev–Trinajstić information content (AvgIpc) is 3.08. The number of anilines is 1. The lowest BCUT2D eigenvalue weighted by Gasteiger charge is -2.51. The second-order valence-electron chi connectivity index (χ2n) is 7.70. The van der Waals surface area contributed by atoms with Crippen LogP contribution in [0.4, 0.5) is 5.69 Å². The Balaban J connectivity index is 1.45. The summed E-state index contributed by atoms with van der Waals surface area (Å²) in [6.07, 6.45) is 8.44. The van der Waals surface area contributed by atoms with Crippen LogP contribution in [-0.4, -0.2) is 35.5 Å². The van der Waals surface area contributed by atoms with Crippen molar-refractivity contribution in [3.05, 3.63) is 18.2 Å². The lowest BCUT2D eigenvalue weighted by molar-refractivity contribution is -0.349. The van der Waals surface area contributed by atoms with Gasteiger partial charge in [-0.25, -0.2) is 4.98 Å². The molecule has 26 heavy (non-hydrogen) atoms. The molecule has 0 radical (unpaired) electrons. The van der Waals surface area contributed by atoms with E-state index in [0.29, 0.717) is 29.0 Å². The number of nitrogens with two attached hydrogens (primary N) is 1. The summed E-state index contributed by atoms with van der Waals surface area (Å²) in [5, 5.41) is 3.05. The molecule has 5 rings (SSSR count). The van der Waals surface area contributed by atoms with Crippen LogP contribution in [0.1, 0.15) is 49.0 Å². The SMILES string of the molecule is COC(=O)C12CCC(CNC(=O)c3nc[nH+]c4c(N)c[nH]c34)(CC1)CC2. The lowest BCUT2D eigenvalue weighted by Crippen LogP contribution is -2.50. The van der Waals surface area contributed by atoms with Crippen molar-refractivity contribution in [1.29, 1.82) is 0 Å². The molecule has 0 saturated heterocycles. The van der Waals surface area contributed by atoms with Crippen LogP contribution < -0.4 is 16.0 Å². The maximum Gasteiger partial charge on any atom is 0.311 e. The summed E-state index contributed by atoms with van der Waals surface area (Å²) in [7, 11) is 1.46. The Kier molecular flexibility index (Phi) is 3.86. The molecule has 0 aliphatic heterocycles. The molecule has 0 atom stereocenters. The molecule has 2 bridgehead atoms. The van der Waals surface area contributed by atoms with Gasteiger partial charge in [-0.3, -0.25) is 9.59 Å². The van der Waals surface area contributed by atoms with Gasteiger partial charge >= 0.3 is 5.97 Å². The number of hydrogen-bond donors (Lipinski definition) is 3. The summed E-state index contributed by atoms with van der Waals surface area (Å²) < 4.78 is 5.01. The normalized spacial score (nSPS) is 27.4. The third-order valence-corrected chi connectivity index (χ3v) is 6.41. The molecule has 1 amide bonds. The van der Waals surface area contributed by atoms with Gasteiger partial charge in [0.15, 0.2) is 5.52 Å². The van der Waals surface area contributed by atoms with Crippen molar-refractivity contribution in [2.45, 2.75) is 38.5 Å². The van der Waals surface area contributed by atoms with E-state index in [1.807, 2.05) is 0 Å². The predicted octanol–water partition coefficient (Wildman–Crippen LogP) is 1.20.